The number of carbonyl (C=O) groups is 1. The summed E-state index contributed by atoms with van der Waals surface area (Å²) in [7, 11) is 4.06. The van der Waals surface area contributed by atoms with Crippen LogP contribution < -0.4 is 4.90 Å². The van der Waals surface area contributed by atoms with Crippen molar-refractivity contribution >= 4 is 17.4 Å². The van der Waals surface area contributed by atoms with Crippen LogP contribution in [-0.4, -0.2) is 37.4 Å². The Morgan fingerprint density at radius 3 is 2.46 bits per heavy atom. The Balaban J connectivity index is 1.94. The SMILES string of the molecule is CCOC(=O)/C=C(\C)N1N=C(c2ccccc2)C[C@H]1c1ccc(N(C)C)cc1. The van der Waals surface area contributed by atoms with E-state index in [0.29, 0.717) is 6.61 Å². The van der Waals surface area contributed by atoms with Crippen LogP contribution in [0, 0.1) is 0 Å². The van der Waals surface area contributed by atoms with Crippen LogP contribution >= 0.6 is 0 Å². The molecule has 2 aromatic rings. The van der Waals surface area contributed by atoms with Gasteiger partial charge in [-0.05, 0) is 37.1 Å². The molecule has 0 bridgehead atoms. The first-order valence-electron chi connectivity index (χ1n) is 9.54. The molecule has 0 N–H and O–H groups in total. The van der Waals surface area contributed by atoms with Crippen LogP contribution in [0.25, 0.3) is 0 Å². The fourth-order valence-electron chi connectivity index (χ4n) is 3.32. The van der Waals surface area contributed by atoms with E-state index in [1.54, 1.807) is 6.92 Å². The van der Waals surface area contributed by atoms with Crippen molar-refractivity contribution in [2.24, 2.45) is 5.10 Å². The second-order valence-electron chi connectivity index (χ2n) is 7.00. The first kappa shape index (κ1) is 19.7. The molecular weight excluding hydrogens is 350 g/mol. The molecule has 5 heteroatoms. The average molecular weight is 377 g/mol. The van der Waals surface area contributed by atoms with Gasteiger partial charge in [0, 0.05) is 38.0 Å². The third-order valence-electron chi connectivity index (χ3n) is 4.79. The Bertz CT molecular complexity index is 870. The van der Waals surface area contributed by atoms with Crippen molar-refractivity contribution in [3.63, 3.8) is 0 Å². The Kier molecular flexibility index (Phi) is 6.14. The summed E-state index contributed by atoms with van der Waals surface area (Å²) < 4.78 is 5.07. The van der Waals surface area contributed by atoms with Gasteiger partial charge in [0.1, 0.15) is 0 Å². The van der Waals surface area contributed by atoms with Crippen molar-refractivity contribution in [3.8, 4) is 0 Å². The van der Waals surface area contributed by atoms with Gasteiger partial charge in [0.2, 0.25) is 0 Å². The van der Waals surface area contributed by atoms with Gasteiger partial charge in [0.05, 0.1) is 18.4 Å². The number of rotatable bonds is 6. The molecule has 1 aliphatic heterocycles. The van der Waals surface area contributed by atoms with Gasteiger partial charge < -0.3 is 9.64 Å². The van der Waals surface area contributed by atoms with Gasteiger partial charge >= 0.3 is 5.97 Å². The van der Waals surface area contributed by atoms with Gasteiger partial charge in [0.15, 0.2) is 0 Å². The number of allylic oxidation sites excluding steroid dienone is 1. The van der Waals surface area contributed by atoms with Crippen LogP contribution in [0.5, 0.6) is 0 Å². The predicted octanol–water partition coefficient (Wildman–Crippen LogP) is 4.37. The number of hydrazone groups is 1. The number of nitrogens with zero attached hydrogens (tertiary/aromatic N) is 3. The maximum atomic E-state index is 11.9. The lowest BCUT2D eigenvalue weighted by atomic mass is 9.98. The minimum absolute atomic E-state index is 0.0390. The zero-order chi connectivity index (χ0) is 20.1. The normalized spacial score (nSPS) is 16.7. The quantitative estimate of drug-likeness (QED) is 0.554. The molecule has 28 heavy (non-hydrogen) atoms. The van der Waals surface area contributed by atoms with Gasteiger partial charge in [-0.1, -0.05) is 42.5 Å². The molecule has 146 valence electrons. The van der Waals surface area contributed by atoms with Gasteiger partial charge in [-0.25, -0.2) is 4.79 Å². The molecule has 0 aliphatic carbocycles. The fraction of sp³-hybridized carbons (Fsp3) is 0.304. The van der Waals surface area contributed by atoms with E-state index in [2.05, 4.69) is 41.3 Å². The topological polar surface area (TPSA) is 45.1 Å². The van der Waals surface area contributed by atoms with E-state index in [1.807, 2.05) is 44.2 Å². The molecule has 0 unspecified atom stereocenters. The lowest BCUT2D eigenvalue weighted by Gasteiger charge is -2.25. The molecule has 3 rings (SSSR count). The number of hydrogen-bond donors (Lipinski definition) is 0. The highest BCUT2D eigenvalue weighted by atomic mass is 16.5. The summed E-state index contributed by atoms with van der Waals surface area (Å²) in [4.78, 5) is 14.0. The molecule has 0 radical (unpaired) electrons. The highest BCUT2D eigenvalue weighted by molar-refractivity contribution is 6.02. The third kappa shape index (κ3) is 4.42. The molecule has 1 atom stereocenters. The number of ether oxygens (including phenoxy) is 1. The molecule has 5 nitrogen and oxygen atoms in total. The summed E-state index contributed by atoms with van der Waals surface area (Å²) in [6.07, 6.45) is 2.29. The smallest absolute Gasteiger partial charge is 0.332 e. The maximum Gasteiger partial charge on any atom is 0.332 e. The summed E-state index contributed by atoms with van der Waals surface area (Å²) in [6, 6.07) is 18.7. The van der Waals surface area contributed by atoms with Crippen molar-refractivity contribution < 1.29 is 9.53 Å². The fourth-order valence-corrected chi connectivity index (χ4v) is 3.32. The Morgan fingerprint density at radius 2 is 1.86 bits per heavy atom. The van der Waals surface area contributed by atoms with Crippen LogP contribution in [0.15, 0.2) is 71.5 Å². The van der Waals surface area contributed by atoms with E-state index >= 15 is 0 Å². The first-order valence-corrected chi connectivity index (χ1v) is 9.54. The Morgan fingerprint density at radius 1 is 1.18 bits per heavy atom. The molecular formula is C23H27N3O2. The van der Waals surface area contributed by atoms with E-state index in [4.69, 9.17) is 9.84 Å². The highest BCUT2D eigenvalue weighted by Gasteiger charge is 2.30. The van der Waals surface area contributed by atoms with E-state index in [9.17, 15) is 4.79 Å². The monoisotopic (exact) mass is 377 g/mol. The van der Waals surface area contributed by atoms with E-state index in [0.717, 1.165) is 34.6 Å². The number of anilines is 1. The molecule has 0 spiro atoms. The van der Waals surface area contributed by atoms with E-state index < -0.39 is 0 Å². The van der Waals surface area contributed by atoms with Crippen molar-refractivity contribution in [2.75, 3.05) is 25.6 Å². The minimum atomic E-state index is -0.343. The largest absolute Gasteiger partial charge is 0.463 e. The summed E-state index contributed by atoms with van der Waals surface area (Å²) in [5.41, 5.74) is 5.20. The minimum Gasteiger partial charge on any atom is -0.463 e. The van der Waals surface area contributed by atoms with Crippen LogP contribution in [-0.2, 0) is 9.53 Å². The van der Waals surface area contributed by atoms with Gasteiger partial charge in [-0.3, -0.25) is 5.01 Å². The molecule has 2 aromatic carbocycles. The first-order chi connectivity index (χ1) is 13.5. The lowest BCUT2D eigenvalue weighted by molar-refractivity contribution is -0.137. The van der Waals surface area contributed by atoms with Gasteiger partial charge in [-0.2, -0.15) is 5.10 Å². The zero-order valence-electron chi connectivity index (χ0n) is 16.9. The van der Waals surface area contributed by atoms with Crippen LogP contribution in [0.4, 0.5) is 5.69 Å². The summed E-state index contributed by atoms with van der Waals surface area (Å²) in [5, 5.41) is 6.78. The third-order valence-corrected chi connectivity index (χ3v) is 4.79. The standard InChI is InChI=1S/C23H27N3O2/c1-5-28-23(27)15-17(2)26-22(19-11-13-20(14-12-19)25(3)4)16-21(24-26)18-9-7-6-8-10-18/h6-15,22H,5,16H2,1-4H3/b17-15+/t22-/m0/s1. The second-order valence-corrected chi connectivity index (χ2v) is 7.00. The number of carbonyl (C=O) groups excluding carboxylic acids is 1. The number of esters is 1. The maximum absolute atomic E-state index is 11.9. The van der Waals surface area contributed by atoms with Crippen LogP contribution in [0.1, 0.15) is 37.4 Å². The molecule has 0 amide bonds. The van der Waals surface area contributed by atoms with Crippen molar-refractivity contribution in [2.45, 2.75) is 26.3 Å². The Labute approximate surface area is 166 Å². The molecule has 1 aliphatic rings. The molecule has 0 saturated carbocycles. The van der Waals surface area contributed by atoms with E-state index in [-0.39, 0.29) is 12.0 Å². The highest BCUT2D eigenvalue weighted by Crippen LogP contribution is 2.36. The molecule has 1 heterocycles. The van der Waals surface area contributed by atoms with Crippen molar-refractivity contribution in [1.29, 1.82) is 0 Å². The number of benzene rings is 2. The van der Waals surface area contributed by atoms with Gasteiger partial charge in [0.25, 0.3) is 0 Å². The predicted molar refractivity (Wildman–Crippen MR) is 113 cm³/mol. The average Bonchev–Trinajstić information content (AvgIpc) is 3.14. The van der Waals surface area contributed by atoms with E-state index in [1.165, 1.54) is 6.08 Å². The molecule has 0 aromatic heterocycles. The van der Waals surface area contributed by atoms with Crippen molar-refractivity contribution in [1.82, 2.24) is 5.01 Å². The summed E-state index contributed by atoms with van der Waals surface area (Å²) >= 11 is 0. The molecule has 0 fully saturated rings. The summed E-state index contributed by atoms with van der Waals surface area (Å²) in [5.74, 6) is -0.343. The summed E-state index contributed by atoms with van der Waals surface area (Å²) in [6.45, 7) is 4.06. The molecule has 0 saturated heterocycles. The second kappa shape index (κ2) is 8.74. The van der Waals surface area contributed by atoms with Crippen molar-refractivity contribution in [3.05, 3.63) is 77.5 Å². The van der Waals surface area contributed by atoms with Crippen LogP contribution in [0.2, 0.25) is 0 Å². The number of hydrogen-bond acceptors (Lipinski definition) is 5. The van der Waals surface area contributed by atoms with Gasteiger partial charge in [-0.15, -0.1) is 0 Å². The Hall–Kier alpha value is -3.08. The lowest BCUT2D eigenvalue weighted by Crippen LogP contribution is -2.19. The zero-order valence-corrected chi connectivity index (χ0v) is 16.9. The van der Waals surface area contributed by atoms with Crippen LogP contribution in [0.3, 0.4) is 0 Å².